The van der Waals surface area contributed by atoms with Crippen molar-refractivity contribution in [3.63, 3.8) is 0 Å². The van der Waals surface area contributed by atoms with E-state index in [4.69, 9.17) is 0 Å². The van der Waals surface area contributed by atoms with Gasteiger partial charge >= 0.3 is 5.69 Å². The van der Waals surface area contributed by atoms with Gasteiger partial charge in [-0.1, -0.05) is 42.5 Å². The number of imidazole rings is 2. The number of nitrogens with zero attached hydrogens (tertiary/aromatic N) is 6. The van der Waals surface area contributed by atoms with Crippen molar-refractivity contribution in [1.82, 2.24) is 23.1 Å². The van der Waals surface area contributed by atoms with Crippen LogP contribution in [0.25, 0.3) is 23.0 Å². The minimum Gasteiger partial charge on any atom is -0.378 e. The quantitative estimate of drug-likeness (QED) is 0.398. The minimum absolute atomic E-state index is 0.194. The largest absolute Gasteiger partial charge is 0.378 e. The molecule has 9 heteroatoms. The second kappa shape index (κ2) is 7.87. The molecule has 0 aliphatic carbocycles. The lowest BCUT2D eigenvalue weighted by atomic mass is 10.2. The fourth-order valence-electron chi connectivity index (χ4n) is 4.18. The number of anilines is 1. The molecule has 0 radical (unpaired) electrons. The first-order valence-electron chi connectivity index (χ1n) is 10.8. The highest BCUT2D eigenvalue weighted by molar-refractivity contribution is 5.76. The van der Waals surface area contributed by atoms with Gasteiger partial charge in [0.1, 0.15) is 5.35 Å². The van der Waals surface area contributed by atoms with Gasteiger partial charge in [0.15, 0.2) is 11.2 Å². The summed E-state index contributed by atoms with van der Waals surface area (Å²) in [5, 5.41) is 0.307. The normalized spacial score (nSPS) is 12.2. The molecule has 0 atom stereocenters. The van der Waals surface area contributed by atoms with E-state index in [9.17, 15) is 14.4 Å². The lowest BCUT2D eigenvalue weighted by Crippen LogP contribution is -2.39. The second-order valence-electron chi connectivity index (χ2n) is 8.52. The summed E-state index contributed by atoms with van der Waals surface area (Å²) in [7, 11) is 6.91. The Morgan fingerprint density at radius 3 is 2.21 bits per heavy atom. The van der Waals surface area contributed by atoms with Crippen LogP contribution in [0, 0.1) is 0 Å². The van der Waals surface area contributed by atoms with Crippen LogP contribution in [0.2, 0.25) is 0 Å². The third-order valence-corrected chi connectivity index (χ3v) is 6.08. The van der Waals surface area contributed by atoms with Crippen LogP contribution in [0.15, 0.2) is 69.0 Å². The van der Waals surface area contributed by atoms with E-state index in [1.54, 1.807) is 22.1 Å². The molecule has 3 heterocycles. The number of fused-ring (bicyclic) bond motifs is 3. The first-order chi connectivity index (χ1) is 16.3. The highest BCUT2D eigenvalue weighted by Gasteiger charge is 2.21. The van der Waals surface area contributed by atoms with Gasteiger partial charge in [-0.15, -0.1) is 0 Å². The van der Waals surface area contributed by atoms with Crippen molar-refractivity contribution in [2.75, 3.05) is 19.0 Å². The van der Waals surface area contributed by atoms with E-state index in [1.165, 1.54) is 11.6 Å². The first-order valence-corrected chi connectivity index (χ1v) is 10.8. The van der Waals surface area contributed by atoms with Crippen molar-refractivity contribution in [3.05, 3.63) is 102 Å². The molecule has 172 valence electrons. The smallest absolute Gasteiger partial charge is 0.332 e. The lowest BCUT2D eigenvalue weighted by molar-refractivity contribution is 0.707. The van der Waals surface area contributed by atoms with Crippen molar-refractivity contribution in [3.8, 4) is 0 Å². The molecule has 0 N–H and O–H groups in total. The molecule has 0 spiro atoms. The number of aromatic nitrogens is 5. The van der Waals surface area contributed by atoms with E-state index in [0.717, 1.165) is 21.4 Å². The Hall–Kier alpha value is -4.40. The van der Waals surface area contributed by atoms with Crippen LogP contribution in [0.5, 0.6) is 0 Å². The molecule has 0 aliphatic rings. The predicted molar refractivity (Wildman–Crippen MR) is 133 cm³/mol. The van der Waals surface area contributed by atoms with Gasteiger partial charge in [0.25, 0.3) is 11.1 Å². The first kappa shape index (κ1) is 21.4. The summed E-state index contributed by atoms with van der Waals surface area (Å²) in [6, 6.07) is 17.3. The molecule has 34 heavy (non-hydrogen) atoms. The van der Waals surface area contributed by atoms with Gasteiger partial charge < -0.3 is 4.90 Å². The molecule has 0 bridgehead atoms. The third-order valence-electron chi connectivity index (χ3n) is 6.08. The average molecular weight is 457 g/mol. The van der Waals surface area contributed by atoms with Crippen LogP contribution in [0.4, 0.5) is 5.69 Å². The van der Waals surface area contributed by atoms with Crippen molar-refractivity contribution in [2.45, 2.75) is 6.54 Å². The molecule has 3 aromatic heterocycles. The molecule has 0 unspecified atom stereocenters. The zero-order valence-electron chi connectivity index (χ0n) is 19.4. The summed E-state index contributed by atoms with van der Waals surface area (Å²) in [6.07, 6.45) is 1.75. The summed E-state index contributed by atoms with van der Waals surface area (Å²) in [5.74, 6) is 0.318. The molecule has 5 rings (SSSR count). The van der Waals surface area contributed by atoms with E-state index in [0.29, 0.717) is 11.1 Å². The minimum atomic E-state index is -0.500. The molecular formula is C25H24N6O3. The van der Waals surface area contributed by atoms with Crippen LogP contribution in [0.1, 0.15) is 11.1 Å². The van der Waals surface area contributed by atoms with E-state index in [2.05, 4.69) is 4.98 Å². The van der Waals surface area contributed by atoms with Gasteiger partial charge in [-0.3, -0.25) is 27.7 Å². The Morgan fingerprint density at radius 1 is 0.882 bits per heavy atom. The summed E-state index contributed by atoms with van der Waals surface area (Å²) >= 11 is 0. The van der Waals surface area contributed by atoms with Crippen molar-refractivity contribution in [2.24, 2.45) is 14.1 Å². The fourth-order valence-corrected chi connectivity index (χ4v) is 4.18. The van der Waals surface area contributed by atoms with Crippen LogP contribution < -0.4 is 27.1 Å². The monoisotopic (exact) mass is 456 g/mol. The Morgan fingerprint density at radius 2 is 1.56 bits per heavy atom. The van der Waals surface area contributed by atoms with Gasteiger partial charge in [-0.05, 0) is 29.3 Å². The zero-order chi connectivity index (χ0) is 24.1. The summed E-state index contributed by atoms with van der Waals surface area (Å²) in [4.78, 5) is 45.8. The van der Waals surface area contributed by atoms with Crippen molar-refractivity contribution in [1.29, 1.82) is 0 Å². The Kier molecular flexibility index (Phi) is 4.97. The fraction of sp³-hybridized carbons (Fsp3) is 0.200. The van der Waals surface area contributed by atoms with Crippen LogP contribution in [-0.2, 0) is 20.6 Å². The van der Waals surface area contributed by atoms with E-state index in [-0.39, 0.29) is 23.3 Å². The number of benzene rings is 2. The molecule has 0 amide bonds. The Balaban J connectivity index is 1.89. The van der Waals surface area contributed by atoms with Gasteiger partial charge in [0, 0.05) is 33.9 Å². The topological polar surface area (TPSA) is 86.5 Å². The van der Waals surface area contributed by atoms with Gasteiger partial charge in [0.05, 0.1) is 6.54 Å². The highest BCUT2D eigenvalue weighted by Crippen LogP contribution is 2.14. The maximum Gasteiger partial charge on any atom is 0.332 e. The molecule has 9 nitrogen and oxygen atoms in total. The number of rotatable bonds is 4. The second-order valence-corrected chi connectivity index (χ2v) is 8.52. The standard InChI is InChI=1S/C25H24N6O3/c1-27(2)18-12-10-16(11-13-18)14-19-22(32)30(15-17-8-6-5-7-9-17)24-26-21-20(31(19)24)23(33)29(4)25(34)28(21)3/h5-14H,15H2,1-4H3/b19-14+. The third kappa shape index (κ3) is 3.24. The van der Waals surface area contributed by atoms with Gasteiger partial charge in [0.2, 0.25) is 5.78 Å². The molecule has 0 saturated carbocycles. The van der Waals surface area contributed by atoms with Crippen molar-refractivity contribution >= 4 is 28.7 Å². The molecule has 2 aromatic carbocycles. The SMILES string of the molecule is CN(C)c1ccc(/C=c2\c(=O)n(Cc3ccccc3)c3nc4c(c(=O)n(C)c(=O)n4C)n23)cc1. The molecule has 0 aliphatic heterocycles. The zero-order valence-corrected chi connectivity index (χ0v) is 19.4. The summed E-state index contributed by atoms with van der Waals surface area (Å²) in [6.45, 7) is 0.286. The van der Waals surface area contributed by atoms with Crippen molar-refractivity contribution < 1.29 is 0 Å². The Labute approximate surface area is 194 Å². The predicted octanol–water partition coefficient (Wildman–Crippen LogP) is 0.709. The molecule has 5 aromatic rings. The Bertz CT molecular complexity index is 1770. The highest BCUT2D eigenvalue weighted by atomic mass is 16.2. The molecule has 0 fully saturated rings. The van der Waals surface area contributed by atoms with Crippen LogP contribution >= 0.6 is 0 Å². The van der Waals surface area contributed by atoms with E-state index in [1.807, 2.05) is 73.6 Å². The number of hydrogen-bond acceptors (Lipinski definition) is 5. The average Bonchev–Trinajstić information content (AvgIpc) is 3.34. The van der Waals surface area contributed by atoms with Gasteiger partial charge in [-0.2, -0.15) is 4.98 Å². The maximum atomic E-state index is 13.6. The number of aryl methyl sites for hydroxylation is 1. The molecule has 0 saturated heterocycles. The van der Waals surface area contributed by atoms with Crippen LogP contribution in [-0.4, -0.2) is 37.2 Å². The summed E-state index contributed by atoms with van der Waals surface area (Å²) < 4.78 is 5.48. The lowest BCUT2D eigenvalue weighted by Gasteiger charge is -2.11. The maximum absolute atomic E-state index is 13.6. The van der Waals surface area contributed by atoms with Gasteiger partial charge in [-0.25, -0.2) is 4.79 Å². The summed E-state index contributed by atoms with van der Waals surface area (Å²) in [5.41, 5.74) is 1.96. The number of hydrogen-bond donors (Lipinski definition) is 0. The molecular weight excluding hydrogens is 432 g/mol. The van der Waals surface area contributed by atoms with Crippen LogP contribution in [0.3, 0.4) is 0 Å². The van der Waals surface area contributed by atoms with E-state index >= 15 is 0 Å². The van der Waals surface area contributed by atoms with E-state index < -0.39 is 11.2 Å².